The standard InChI is InChI=1S/C21H32N2O6S/c1-6-29-19(25)21(12-8-7-9-13-21)22-18(24)15-10-11-16(28-5)17(14-15)30(26,27)23-20(2,3)4/h10-11,14,23H,6-9,12-13H2,1-5H3,(H,22,24). The summed E-state index contributed by atoms with van der Waals surface area (Å²) in [6.45, 7) is 7.11. The molecule has 1 saturated carbocycles. The lowest BCUT2D eigenvalue weighted by molar-refractivity contribution is -0.152. The van der Waals surface area contributed by atoms with Gasteiger partial charge < -0.3 is 14.8 Å². The number of sulfonamides is 1. The molecule has 0 radical (unpaired) electrons. The molecule has 9 heteroatoms. The van der Waals surface area contributed by atoms with Crippen LogP contribution in [0.2, 0.25) is 0 Å². The van der Waals surface area contributed by atoms with Crippen molar-refractivity contribution in [1.82, 2.24) is 10.0 Å². The van der Waals surface area contributed by atoms with Crippen LogP contribution in [0, 0.1) is 0 Å². The maximum absolute atomic E-state index is 13.0. The van der Waals surface area contributed by atoms with Gasteiger partial charge >= 0.3 is 5.97 Å². The Bertz CT molecular complexity index is 883. The van der Waals surface area contributed by atoms with Crippen LogP contribution >= 0.6 is 0 Å². The molecule has 0 heterocycles. The number of amides is 1. The van der Waals surface area contributed by atoms with Crippen LogP contribution in [0.1, 0.15) is 70.2 Å². The average molecular weight is 441 g/mol. The lowest BCUT2D eigenvalue weighted by Crippen LogP contribution is -2.56. The van der Waals surface area contributed by atoms with Crippen molar-refractivity contribution in [2.75, 3.05) is 13.7 Å². The van der Waals surface area contributed by atoms with Crippen LogP contribution in [0.5, 0.6) is 5.75 Å². The molecule has 0 aromatic heterocycles. The van der Waals surface area contributed by atoms with Crippen LogP contribution in [0.3, 0.4) is 0 Å². The Balaban J connectivity index is 2.39. The highest BCUT2D eigenvalue weighted by Gasteiger charge is 2.42. The van der Waals surface area contributed by atoms with E-state index in [0.29, 0.717) is 12.8 Å². The monoisotopic (exact) mass is 440 g/mol. The molecule has 30 heavy (non-hydrogen) atoms. The van der Waals surface area contributed by atoms with Crippen molar-refractivity contribution in [1.29, 1.82) is 0 Å². The van der Waals surface area contributed by atoms with Crippen molar-refractivity contribution in [3.63, 3.8) is 0 Å². The quantitative estimate of drug-likeness (QED) is 0.631. The SMILES string of the molecule is CCOC(=O)C1(NC(=O)c2ccc(OC)c(S(=O)(=O)NC(C)(C)C)c2)CCCCC1. The molecule has 0 unspecified atom stereocenters. The number of hydrogen-bond donors (Lipinski definition) is 2. The van der Waals surface area contributed by atoms with Gasteiger partial charge in [0, 0.05) is 11.1 Å². The molecule has 2 rings (SSSR count). The molecular formula is C21H32N2O6S. The third-order valence-corrected chi connectivity index (χ3v) is 6.66. The highest BCUT2D eigenvalue weighted by atomic mass is 32.2. The van der Waals surface area contributed by atoms with Crippen LogP contribution in [-0.2, 0) is 19.6 Å². The number of rotatable bonds is 7. The van der Waals surface area contributed by atoms with Gasteiger partial charge in [0.1, 0.15) is 16.2 Å². The fraction of sp³-hybridized carbons (Fsp3) is 0.619. The van der Waals surface area contributed by atoms with Crippen molar-refractivity contribution >= 4 is 21.9 Å². The summed E-state index contributed by atoms with van der Waals surface area (Å²) >= 11 is 0. The van der Waals surface area contributed by atoms with Gasteiger partial charge in [-0.15, -0.1) is 0 Å². The molecule has 1 aliphatic carbocycles. The van der Waals surface area contributed by atoms with E-state index >= 15 is 0 Å². The molecule has 0 atom stereocenters. The van der Waals surface area contributed by atoms with Crippen LogP contribution in [-0.4, -0.2) is 45.1 Å². The zero-order chi connectivity index (χ0) is 22.6. The van der Waals surface area contributed by atoms with E-state index in [9.17, 15) is 18.0 Å². The van der Waals surface area contributed by atoms with Gasteiger partial charge in [-0.25, -0.2) is 17.9 Å². The topological polar surface area (TPSA) is 111 Å². The van der Waals surface area contributed by atoms with Crippen LogP contribution < -0.4 is 14.8 Å². The number of carbonyl (C=O) groups is 2. The molecule has 2 N–H and O–H groups in total. The van der Waals surface area contributed by atoms with E-state index in [0.717, 1.165) is 19.3 Å². The third-order valence-electron chi connectivity index (χ3n) is 4.88. The highest BCUT2D eigenvalue weighted by molar-refractivity contribution is 7.89. The van der Waals surface area contributed by atoms with Crippen molar-refractivity contribution < 1.29 is 27.5 Å². The second-order valence-corrected chi connectivity index (χ2v) is 10.2. The van der Waals surface area contributed by atoms with Gasteiger partial charge in [-0.3, -0.25) is 4.79 Å². The average Bonchev–Trinajstić information content (AvgIpc) is 2.66. The first-order valence-electron chi connectivity index (χ1n) is 10.2. The molecular weight excluding hydrogens is 408 g/mol. The van der Waals surface area contributed by atoms with E-state index in [1.807, 2.05) is 0 Å². The van der Waals surface area contributed by atoms with E-state index in [4.69, 9.17) is 9.47 Å². The highest BCUT2D eigenvalue weighted by Crippen LogP contribution is 2.31. The number of ether oxygens (including phenoxy) is 2. The van der Waals surface area contributed by atoms with Crippen molar-refractivity contribution in [2.45, 2.75) is 75.8 Å². The maximum Gasteiger partial charge on any atom is 0.331 e. The Kier molecular flexibility index (Phi) is 7.52. The molecule has 168 valence electrons. The second-order valence-electron chi connectivity index (χ2n) is 8.54. The molecule has 1 aromatic rings. The van der Waals surface area contributed by atoms with Gasteiger partial charge in [0.15, 0.2) is 0 Å². The van der Waals surface area contributed by atoms with E-state index in [1.165, 1.54) is 25.3 Å². The summed E-state index contributed by atoms with van der Waals surface area (Å²) in [4.78, 5) is 25.5. The number of methoxy groups -OCH3 is 1. The van der Waals surface area contributed by atoms with Gasteiger partial charge in [-0.05, 0) is 58.7 Å². The predicted molar refractivity (Wildman–Crippen MR) is 113 cm³/mol. The normalized spacial score (nSPS) is 16.6. The van der Waals surface area contributed by atoms with Crippen LogP contribution in [0.25, 0.3) is 0 Å². The van der Waals surface area contributed by atoms with E-state index in [-0.39, 0.29) is 22.8 Å². The summed E-state index contributed by atoms with van der Waals surface area (Å²) in [6.07, 6.45) is 3.57. The van der Waals surface area contributed by atoms with E-state index in [1.54, 1.807) is 27.7 Å². The molecule has 1 aliphatic rings. The maximum atomic E-state index is 13.0. The zero-order valence-electron chi connectivity index (χ0n) is 18.3. The molecule has 0 bridgehead atoms. The first-order valence-corrected chi connectivity index (χ1v) is 11.6. The Hall–Kier alpha value is -2.13. The Labute approximate surface area is 178 Å². The fourth-order valence-corrected chi connectivity index (χ4v) is 5.19. The molecule has 0 aliphatic heterocycles. The minimum atomic E-state index is -3.94. The number of benzene rings is 1. The minimum absolute atomic E-state index is 0.124. The smallest absolute Gasteiger partial charge is 0.331 e. The van der Waals surface area contributed by atoms with Crippen molar-refractivity contribution in [2.24, 2.45) is 0 Å². The van der Waals surface area contributed by atoms with E-state index < -0.39 is 33.0 Å². The van der Waals surface area contributed by atoms with Gasteiger partial charge in [0.05, 0.1) is 13.7 Å². The molecule has 1 aromatic carbocycles. The predicted octanol–water partition coefficient (Wildman–Crippen LogP) is 2.77. The van der Waals surface area contributed by atoms with Crippen molar-refractivity contribution in [3.05, 3.63) is 23.8 Å². The number of hydrogen-bond acceptors (Lipinski definition) is 6. The number of carbonyl (C=O) groups excluding carboxylic acids is 2. The van der Waals surface area contributed by atoms with Crippen LogP contribution in [0.15, 0.2) is 23.1 Å². The Morgan fingerprint density at radius 1 is 1.13 bits per heavy atom. The first-order chi connectivity index (χ1) is 13.9. The third kappa shape index (κ3) is 5.72. The summed E-state index contributed by atoms with van der Waals surface area (Å²) < 4.78 is 38.7. The largest absolute Gasteiger partial charge is 0.495 e. The van der Waals surface area contributed by atoms with E-state index in [2.05, 4.69) is 10.0 Å². The fourth-order valence-electron chi connectivity index (χ4n) is 3.58. The molecule has 8 nitrogen and oxygen atoms in total. The summed E-state index contributed by atoms with van der Waals surface area (Å²) in [5.41, 5.74) is -1.68. The van der Waals surface area contributed by atoms with Gasteiger partial charge in [-0.1, -0.05) is 19.3 Å². The van der Waals surface area contributed by atoms with Crippen LogP contribution in [0.4, 0.5) is 0 Å². The number of esters is 1. The molecule has 0 saturated heterocycles. The molecule has 1 fully saturated rings. The Morgan fingerprint density at radius 3 is 2.30 bits per heavy atom. The summed E-state index contributed by atoms with van der Waals surface area (Å²) in [6, 6.07) is 4.18. The Morgan fingerprint density at radius 2 is 1.77 bits per heavy atom. The van der Waals surface area contributed by atoms with Gasteiger partial charge in [-0.2, -0.15) is 0 Å². The molecule has 0 spiro atoms. The van der Waals surface area contributed by atoms with Gasteiger partial charge in [0.25, 0.3) is 5.91 Å². The molecule has 1 amide bonds. The lowest BCUT2D eigenvalue weighted by atomic mass is 9.81. The van der Waals surface area contributed by atoms with Gasteiger partial charge in [0.2, 0.25) is 10.0 Å². The number of nitrogens with one attached hydrogen (secondary N) is 2. The summed E-state index contributed by atoms with van der Waals surface area (Å²) in [5.74, 6) is -0.852. The first kappa shape index (κ1) is 24.1. The second kappa shape index (κ2) is 9.34. The minimum Gasteiger partial charge on any atom is -0.495 e. The summed E-state index contributed by atoms with van der Waals surface area (Å²) in [7, 11) is -2.57. The van der Waals surface area contributed by atoms with Crippen molar-refractivity contribution in [3.8, 4) is 5.75 Å². The lowest BCUT2D eigenvalue weighted by Gasteiger charge is -2.35. The summed E-state index contributed by atoms with van der Waals surface area (Å²) in [5, 5.41) is 2.83. The zero-order valence-corrected chi connectivity index (χ0v) is 19.1.